The van der Waals surface area contributed by atoms with Crippen LogP contribution < -0.4 is 0 Å². The minimum Gasteiger partial charge on any atom is -0.328 e. The maximum atomic E-state index is 13.8. The van der Waals surface area contributed by atoms with Gasteiger partial charge in [0.05, 0.1) is 11.2 Å². The Hall–Kier alpha value is -1.05. The van der Waals surface area contributed by atoms with Crippen LogP contribution in [0.3, 0.4) is 0 Å². The van der Waals surface area contributed by atoms with Gasteiger partial charge in [0.25, 0.3) is 0 Å². The standard InChI is InChI=1S/C13H6Br2F2N2S/c14-6-1-2-10(8(15)3-6)19-11-5-7(16)4-9(17)12(11)18-13(19)20/h1-5H,(H,18,20). The third-order valence-corrected chi connectivity index (χ3v) is 4.27. The molecule has 0 unspecified atom stereocenters. The number of halogens is 4. The molecule has 0 aliphatic carbocycles. The highest BCUT2D eigenvalue weighted by Crippen LogP contribution is 2.29. The van der Waals surface area contributed by atoms with E-state index < -0.39 is 11.6 Å². The summed E-state index contributed by atoms with van der Waals surface area (Å²) in [5, 5.41) is 0. The molecule has 1 heterocycles. The normalized spacial score (nSPS) is 11.2. The van der Waals surface area contributed by atoms with Gasteiger partial charge in [-0.1, -0.05) is 15.9 Å². The fourth-order valence-corrected chi connectivity index (χ4v) is 3.56. The van der Waals surface area contributed by atoms with E-state index >= 15 is 0 Å². The molecule has 0 fully saturated rings. The number of imidazole rings is 1. The van der Waals surface area contributed by atoms with E-state index in [1.54, 1.807) is 10.6 Å². The molecule has 2 nitrogen and oxygen atoms in total. The monoisotopic (exact) mass is 418 g/mol. The third-order valence-electron chi connectivity index (χ3n) is 2.86. The minimum absolute atomic E-state index is 0.186. The molecule has 0 aliphatic rings. The molecule has 0 bridgehead atoms. The maximum absolute atomic E-state index is 13.8. The van der Waals surface area contributed by atoms with E-state index in [4.69, 9.17) is 12.2 Å². The summed E-state index contributed by atoms with van der Waals surface area (Å²) in [6.07, 6.45) is 0. The van der Waals surface area contributed by atoms with Crippen LogP contribution in [0.25, 0.3) is 16.7 Å². The zero-order valence-corrected chi connectivity index (χ0v) is 13.7. The van der Waals surface area contributed by atoms with Gasteiger partial charge < -0.3 is 4.98 Å². The topological polar surface area (TPSA) is 20.7 Å². The predicted molar refractivity (Wildman–Crippen MR) is 83.8 cm³/mol. The fourth-order valence-electron chi connectivity index (χ4n) is 2.03. The number of rotatable bonds is 1. The summed E-state index contributed by atoms with van der Waals surface area (Å²) in [5.41, 5.74) is 1.25. The van der Waals surface area contributed by atoms with E-state index in [2.05, 4.69) is 36.8 Å². The maximum Gasteiger partial charge on any atom is 0.182 e. The Bertz CT molecular complexity index is 886. The van der Waals surface area contributed by atoms with Crippen molar-refractivity contribution < 1.29 is 8.78 Å². The highest BCUT2D eigenvalue weighted by molar-refractivity contribution is 9.11. The summed E-state index contributed by atoms with van der Waals surface area (Å²) in [7, 11) is 0. The average molecular weight is 420 g/mol. The van der Waals surface area contributed by atoms with Crippen molar-refractivity contribution in [3.63, 3.8) is 0 Å². The van der Waals surface area contributed by atoms with E-state index in [0.717, 1.165) is 15.0 Å². The van der Waals surface area contributed by atoms with Crippen LogP contribution in [0, 0.1) is 16.4 Å². The van der Waals surface area contributed by atoms with Crippen molar-refractivity contribution in [3.8, 4) is 5.69 Å². The van der Waals surface area contributed by atoms with E-state index in [1.807, 2.05) is 12.1 Å². The summed E-state index contributed by atoms with van der Waals surface area (Å²) in [5.74, 6) is -1.32. The van der Waals surface area contributed by atoms with Crippen molar-refractivity contribution in [2.75, 3.05) is 0 Å². The molecule has 0 atom stereocenters. The summed E-state index contributed by atoms with van der Waals surface area (Å²) in [4.78, 5) is 2.77. The first-order chi connectivity index (χ1) is 9.47. The van der Waals surface area contributed by atoms with Gasteiger partial charge >= 0.3 is 0 Å². The van der Waals surface area contributed by atoms with Gasteiger partial charge in [0, 0.05) is 21.1 Å². The first-order valence-electron chi connectivity index (χ1n) is 5.52. The Morgan fingerprint density at radius 3 is 2.55 bits per heavy atom. The smallest absolute Gasteiger partial charge is 0.182 e. The van der Waals surface area contributed by atoms with Gasteiger partial charge in [0.1, 0.15) is 11.3 Å². The minimum atomic E-state index is -0.668. The lowest BCUT2D eigenvalue weighted by atomic mass is 10.2. The van der Waals surface area contributed by atoms with Crippen molar-refractivity contribution in [1.29, 1.82) is 0 Å². The number of nitrogens with zero attached hydrogens (tertiary/aromatic N) is 1. The lowest BCUT2D eigenvalue weighted by Crippen LogP contribution is -1.96. The van der Waals surface area contributed by atoms with Crippen molar-refractivity contribution in [2.45, 2.75) is 0 Å². The first kappa shape index (κ1) is 13.9. The van der Waals surface area contributed by atoms with Crippen molar-refractivity contribution in [2.24, 2.45) is 0 Å². The van der Waals surface area contributed by atoms with Crippen molar-refractivity contribution >= 4 is 55.1 Å². The highest BCUT2D eigenvalue weighted by Gasteiger charge is 2.14. The van der Waals surface area contributed by atoms with Gasteiger partial charge in [-0.25, -0.2) is 8.78 Å². The molecule has 0 aliphatic heterocycles. The fraction of sp³-hybridized carbons (Fsp3) is 0. The van der Waals surface area contributed by atoms with Crippen LogP contribution >= 0.6 is 44.1 Å². The molecule has 0 saturated heterocycles. The van der Waals surface area contributed by atoms with E-state index in [1.165, 1.54) is 6.07 Å². The molecule has 3 aromatic rings. The van der Waals surface area contributed by atoms with E-state index in [9.17, 15) is 8.78 Å². The molecule has 7 heteroatoms. The second kappa shape index (κ2) is 5.05. The van der Waals surface area contributed by atoms with Crippen LogP contribution in [0.2, 0.25) is 0 Å². The Labute approximate surface area is 134 Å². The summed E-state index contributed by atoms with van der Waals surface area (Å²) in [6, 6.07) is 7.55. The van der Waals surface area contributed by atoms with E-state index in [-0.39, 0.29) is 5.52 Å². The molecule has 0 spiro atoms. The molecule has 3 rings (SSSR count). The van der Waals surface area contributed by atoms with Gasteiger partial charge in [-0.2, -0.15) is 0 Å². The largest absolute Gasteiger partial charge is 0.328 e. The molecule has 0 saturated carbocycles. The number of hydrogen-bond donors (Lipinski definition) is 1. The molecule has 1 aromatic heterocycles. The average Bonchev–Trinajstić information content (AvgIpc) is 2.67. The predicted octanol–water partition coefficient (Wildman–Crippen LogP) is 5.49. The SMILES string of the molecule is Fc1cc(F)c2[nH]c(=S)n(-c3ccc(Br)cc3Br)c2c1. The lowest BCUT2D eigenvalue weighted by molar-refractivity contribution is 0.590. The van der Waals surface area contributed by atoms with Crippen LogP contribution in [0.15, 0.2) is 39.3 Å². The molecule has 0 amide bonds. The Balaban J connectivity index is 2.42. The Morgan fingerprint density at radius 1 is 1.10 bits per heavy atom. The second-order valence-corrected chi connectivity index (χ2v) is 6.30. The van der Waals surface area contributed by atoms with E-state index in [0.29, 0.717) is 16.0 Å². The van der Waals surface area contributed by atoms with Gasteiger partial charge in [-0.3, -0.25) is 4.57 Å². The molecular weight excluding hydrogens is 414 g/mol. The van der Waals surface area contributed by atoms with Crippen molar-refractivity contribution in [1.82, 2.24) is 9.55 Å². The number of nitrogens with one attached hydrogen (secondary N) is 1. The third kappa shape index (κ3) is 2.23. The number of H-pyrrole nitrogens is 1. The summed E-state index contributed by atoms with van der Waals surface area (Å²) in [6.45, 7) is 0. The lowest BCUT2D eigenvalue weighted by Gasteiger charge is -2.08. The van der Waals surface area contributed by atoms with Crippen LogP contribution in [0.5, 0.6) is 0 Å². The van der Waals surface area contributed by atoms with Crippen LogP contribution in [-0.2, 0) is 0 Å². The van der Waals surface area contributed by atoms with Gasteiger partial charge in [-0.05, 0) is 46.3 Å². The molecule has 0 radical (unpaired) electrons. The summed E-state index contributed by atoms with van der Waals surface area (Å²) < 4.78 is 30.8. The number of aromatic amines is 1. The second-order valence-electron chi connectivity index (χ2n) is 4.14. The Morgan fingerprint density at radius 2 is 1.85 bits per heavy atom. The number of benzene rings is 2. The molecular formula is C13H6Br2F2N2S. The summed E-state index contributed by atoms with van der Waals surface area (Å²) >= 11 is 12.0. The van der Waals surface area contributed by atoms with Gasteiger partial charge in [0.2, 0.25) is 0 Å². The molecule has 1 N–H and O–H groups in total. The zero-order chi connectivity index (χ0) is 14.4. The quantitative estimate of drug-likeness (QED) is 0.517. The van der Waals surface area contributed by atoms with Gasteiger partial charge in [-0.15, -0.1) is 0 Å². The first-order valence-corrected chi connectivity index (χ1v) is 7.52. The van der Waals surface area contributed by atoms with Crippen molar-refractivity contribution in [3.05, 3.63) is 55.7 Å². The number of fused-ring (bicyclic) bond motifs is 1. The van der Waals surface area contributed by atoms with Crippen LogP contribution in [0.4, 0.5) is 8.78 Å². The zero-order valence-electron chi connectivity index (χ0n) is 9.75. The molecule has 102 valence electrons. The Kier molecular flexibility index (Phi) is 3.51. The molecule has 2 aromatic carbocycles. The van der Waals surface area contributed by atoms with Crippen LogP contribution in [-0.4, -0.2) is 9.55 Å². The molecule has 20 heavy (non-hydrogen) atoms. The number of aromatic nitrogens is 2. The number of hydrogen-bond acceptors (Lipinski definition) is 1. The van der Waals surface area contributed by atoms with Crippen LogP contribution in [0.1, 0.15) is 0 Å². The van der Waals surface area contributed by atoms with Gasteiger partial charge in [0.15, 0.2) is 10.6 Å². The highest BCUT2D eigenvalue weighted by atomic mass is 79.9.